The lowest BCUT2D eigenvalue weighted by Crippen LogP contribution is -2.62. The van der Waals surface area contributed by atoms with Gasteiger partial charge in [-0.15, -0.1) is 0 Å². The molecule has 15 N–H and O–H groups in total. The Morgan fingerprint density at radius 2 is 1.39 bits per heavy atom. The van der Waals surface area contributed by atoms with Crippen LogP contribution in [0.1, 0.15) is 35.6 Å². The number of nitrogens with two attached hydrogens (primary N) is 3. The summed E-state index contributed by atoms with van der Waals surface area (Å²) in [6, 6.07) is 19.1. The summed E-state index contributed by atoms with van der Waals surface area (Å²) in [5, 5.41) is 32.8. The van der Waals surface area contributed by atoms with Gasteiger partial charge in [0.1, 0.15) is 42.3 Å². The maximum absolute atomic E-state index is 14.8. The van der Waals surface area contributed by atoms with Crippen molar-refractivity contribution < 1.29 is 43.5 Å². The van der Waals surface area contributed by atoms with Gasteiger partial charge in [0.15, 0.2) is 0 Å². The Morgan fingerprint density at radius 1 is 0.734 bits per heavy atom. The van der Waals surface area contributed by atoms with Crippen LogP contribution >= 0.6 is 33.2 Å². The molecule has 9 atom stereocenters. The maximum atomic E-state index is 14.8. The molecule has 7 rings (SSSR count). The fourth-order valence-corrected chi connectivity index (χ4v) is 11.3. The summed E-state index contributed by atoms with van der Waals surface area (Å²) in [6.45, 7) is 1.10. The Labute approximate surface area is 468 Å². The van der Waals surface area contributed by atoms with Gasteiger partial charge in [-0.05, 0) is 83.6 Å². The van der Waals surface area contributed by atoms with Crippen LogP contribution in [0.3, 0.4) is 0 Å². The summed E-state index contributed by atoms with van der Waals surface area (Å²) >= 11 is 6.09. The van der Waals surface area contributed by atoms with Crippen molar-refractivity contribution in [1.82, 2.24) is 47.2 Å². The van der Waals surface area contributed by atoms with Crippen molar-refractivity contribution in [3.05, 3.63) is 149 Å². The fraction of sp³-hybridized carbons (Fsp3) is 0.327. The van der Waals surface area contributed by atoms with E-state index in [9.17, 15) is 43.5 Å². The maximum Gasteiger partial charge on any atom is 0.245 e. The number of primary amides is 1. The van der Waals surface area contributed by atoms with Crippen LogP contribution in [0.15, 0.2) is 122 Å². The van der Waals surface area contributed by atoms with Gasteiger partial charge in [-0.25, -0.2) is 0 Å². The lowest BCUT2D eigenvalue weighted by atomic mass is 10.0. The van der Waals surface area contributed by atoms with Crippen LogP contribution in [-0.2, 0) is 64.0 Å². The second-order valence-corrected chi connectivity index (χ2v) is 22.1. The minimum atomic E-state index is -1.72. The zero-order chi connectivity index (χ0) is 56.6. The number of aliphatic hydroxyl groups is 1. The molecule has 0 spiro atoms. The number of carbonyl (C=O) groups is 8. The van der Waals surface area contributed by atoms with Gasteiger partial charge in [-0.2, -0.15) is 0 Å². The van der Waals surface area contributed by atoms with Crippen molar-refractivity contribution >= 4 is 102 Å². The fourth-order valence-electron chi connectivity index (χ4n) is 8.81. The summed E-state index contributed by atoms with van der Waals surface area (Å²) in [5.41, 5.74) is 21.5. The Morgan fingerprint density at radius 3 is 2.10 bits per heavy atom. The largest absolute Gasteiger partial charge is 0.391 e. The zero-order valence-electron chi connectivity index (χ0n) is 43.0. The number of pyridine rings is 1. The molecule has 1 fully saturated rings. The van der Waals surface area contributed by atoms with Gasteiger partial charge in [0.2, 0.25) is 47.3 Å². The minimum Gasteiger partial charge on any atom is -0.391 e. The summed E-state index contributed by atoms with van der Waals surface area (Å²) in [5.74, 6) is -7.33. The molecule has 1 saturated heterocycles. The number of hydrogen-bond donors (Lipinski definition) is 12. The van der Waals surface area contributed by atoms with Crippen LogP contribution in [-0.4, -0.2) is 135 Å². The minimum absolute atomic E-state index is 0.0197. The third-order valence-corrected chi connectivity index (χ3v) is 15.8. The topological polar surface area (TPSA) is 348 Å². The molecule has 0 aliphatic carbocycles. The van der Waals surface area contributed by atoms with Gasteiger partial charge in [0, 0.05) is 65.3 Å². The van der Waals surface area contributed by atoms with Crippen molar-refractivity contribution in [2.45, 2.75) is 93.5 Å². The molecule has 0 radical (unpaired) electrons. The molecule has 1 aliphatic rings. The number of nitrogens with zero attached hydrogens (tertiary/aromatic N) is 1. The van der Waals surface area contributed by atoms with E-state index in [1.165, 1.54) is 19.3 Å². The Kier molecular flexibility index (Phi) is 21.2. The number of hydrogen-bond acceptors (Lipinski definition) is 14. The molecule has 0 bridgehead atoms. The molecule has 79 heavy (non-hydrogen) atoms. The monoisotopic (exact) mass is 1130 g/mol. The van der Waals surface area contributed by atoms with Crippen molar-refractivity contribution in [2.24, 2.45) is 17.2 Å². The number of aliphatic hydroxyl groups excluding tert-OH is 1. The average Bonchev–Trinajstić information content (AvgIpc) is 3.85. The first-order valence-electron chi connectivity index (χ1n) is 25.4. The van der Waals surface area contributed by atoms with E-state index in [0.717, 1.165) is 43.3 Å². The van der Waals surface area contributed by atoms with E-state index in [-0.39, 0.29) is 50.2 Å². The first-order valence-corrected chi connectivity index (χ1v) is 28.3. The Hall–Kier alpha value is -7.54. The van der Waals surface area contributed by atoms with Gasteiger partial charge < -0.3 is 64.5 Å². The van der Waals surface area contributed by atoms with E-state index >= 15 is 0 Å². The van der Waals surface area contributed by atoms with E-state index in [0.29, 0.717) is 27.3 Å². The summed E-state index contributed by atoms with van der Waals surface area (Å²) in [4.78, 5) is 121. The predicted molar refractivity (Wildman–Crippen MR) is 304 cm³/mol. The quantitative estimate of drug-likeness (QED) is 0.0602. The van der Waals surface area contributed by atoms with Crippen molar-refractivity contribution in [2.75, 3.05) is 18.1 Å². The number of nitrogens with one attached hydrogen (secondary N) is 8. The Balaban J connectivity index is 1.23. The van der Waals surface area contributed by atoms with E-state index in [1.54, 1.807) is 54.7 Å². The van der Waals surface area contributed by atoms with Crippen LogP contribution < -0.4 is 54.4 Å². The number of benzene rings is 4. The van der Waals surface area contributed by atoms with Crippen molar-refractivity contribution in [1.29, 1.82) is 0 Å². The van der Waals surface area contributed by atoms with Crippen LogP contribution in [0, 0.1) is 0 Å². The first kappa shape index (κ1) is 59.1. The SMILES string of the molecule is C[C@@H](O)[C@@H]1NC(=O)C(CCN)NC(=O)[C@@H](Cc2c[nH]c3ccccc23)NC(=O)[C@H](Cc2cccnc2)NC(=O)[C@H](NC(=O)[C@@H](N)Cc2ccc(Cl)cc2)CSSC[C@@H](C(=O)N[C@@H](Cc2ccc3ccccc3c2)C(N)=O)NC1=O. The highest BCUT2D eigenvalue weighted by Crippen LogP contribution is 2.25. The highest BCUT2D eigenvalue weighted by molar-refractivity contribution is 8.76. The number of H-pyrrole nitrogens is 1. The number of aromatic nitrogens is 2. The number of carbonyl (C=O) groups excluding carboxylic acids is 8. The van der Waals surface area contributed by atoms with Crippen LogP contribution in [0.25, 0.3) is 21.7 Å². The van der Waals surface area contributed by atoms with E-state index in [2.05, 4.69) is 47.2 Å². The van der Waals surface area contributed by atoms with E-state index in [1.807, 2.05) is 54.6 Å². The van der Waals surface area contributed by atoms with Gasteiger partial charge in [0.05, 0.1) is 12.1 Å². The summed E-state index contributed by atoms with van der Waals surface area (Å²) < 4.78 is 0. The number of aromatic amines is 1. The van der Waals surface area contributed by atoms with Gasteiger partial charge in [-0.3, -0.25) is 43.3 Å². The third kappa shape index (κ3) is 16.7. The highest BCUT2D eigenvalue weighted by atomic mass is 35.5. The molecule has 6 aromatic rings. The number of rotatable bonds is 16. The third-order valence-electron chi connectivity index (χ3n) is 13.1. The van der Waals surface area contributed by atoms with Gasteiger partial charge >= 0.3 is 0 Å². The van der Waals surface area contributed by atoms with Gasteiger partial charge in [-0.1, -0.05) is 112 Å². The second kappa shape index (κ2) is 28.4. The molecule has 4 aromatic carbocycles. The van der Waals surface area contributed by atoms with Crippen LogP contribution in [0.2, 0.25) is 5.02 Å². The number of halogens is 1. The molecule has 24 heteroatoms. The molecule has 0 saturated carbocycles. The van der Waals surface area contributed by atoms with E-state index < -0.39 is 102 Å². The molecule has 1 unspecified atom stereocenters. The number of amides is 8. The van der Waals surface area contributed by atoms with Crippen molar-refractivity contribution in [3.63, 3.8) is 0 Å². The van der Waals surface area contributed by atoms with Crippen LogP contribution in [0.4, 0.5) is 0 Å². The Bertz CT molecular complexity index is 3130. The second-order valence-electron chi connectivity index (χ2n) is 19.1. The molecule has 8 amide bonds. The van der Waals surface area contributed by atoms with E-state index in [4.69, 9.17) is 28.8 Å². The van der Waals surface area contributed by atoms with Crippen molar-refractivity contribution in [3.8, 4) is 0 Å². The smallest absolute Gasteiger partial charge is 0.245 e. The normalized spacial score (nSPS) is 21.3. The zero-order valence-corrected chi connectivity index (χ0v) is 45.4. The average molecular weight is 1140 g/mol. The molecule has 3 heterocycles. The first-order chi connectivity index (χ1) is 38.0. The molecular weight excluding hydrogens is 1070 g/mol. The number of para-hydroxylation sites is 1. The van der Waals surface area contributed by atoms with Gasteiger partial charge in [0.25, 0.3) is 0 Å². The summed E-state index contributed by atoms with van der Waals surface area (Å²) in [6.07, 6.45) is 2.77. The predicted octanol–water partition coefficient (Wildman–Crippen LogP) is 0.971. The number of fused-ring (bicyclic) bond motifs is 2. The molecule has 1 aliphatic heterocycles. The summed E-state index contributed by atoms with van der Waals surface area (Å²) in [7, 11) is 2.01. The lowest BCUT2D eigenvalue weighted by molar-refractivity contribution is -0.136. The molecular formula is C55H63ClN12O9S2. The highest BCUT2D eigenvalue weighted by Gasteiger charge is 2.36. The van der Waals surface area contributed by atoms with Crippen LogP contribution in [0.5, 0.6) is 0 Å². The standard InChI is InChI=1S/C55H63ClN12O9S2/c1-30(69)47-55(77)67-46(53(75)63-42(48(59)70)23-32-12-15-34-8-2-3-9-35(34)21-32)29-79-78-28-45(66-49(71)39(58)22-31-13-16-37(56)17-14-31)54(76)64-43(24-33-7-6-20-60-26-33)51(73)65-44(52(74)62-41(18-19-57)50(72)68-47)25-36-27-61-40-11-5-4-10-38(36)40/h2-17,20-21,26-27,30,39,41-47,61,69H,18-19,22-25,28-29,57-58H2,1H3,(H2,59,70)(H,62,74)(H,63,75)(H,64,76)(H,65,73)(H,66,71)(H,67,77)(H,68,72)/t30-,39+,41?,42+,43+,44-,45-,46+,47+/m1/s1. The molecule has 416 valence electrons. The molecule has 2 aromatic heterocycles. The lowest BCUT2D eigenvalue weighted by Gasteiger charge is -2.29. The molecule has 21 nitrogen and oxygen atoms in total.